The fraction of sp³-hybridized carbons (Fsp3) is 0.667. The number of halogens is 1. The Morgan fingerprint density at radius 3 is 2.65 bits per heavy atom. The molecular weight excluding hydrogens is 283 g/mol. The van der Waals surface area contributed by atoms with Gasteiger partial charge >= 0.3 is 7.60 Å². The van der Waals surface area contributed by atoms with E-state index in [1.165, 1.54) is 18.9 Å². The van der Waals surface area contributed by atoms with Gasteiger partial charge in [-0.1, -0.05) is 18.5 Å². The van der Waals surface area contributed by atoms with E-state index in [0.29, 0.717) is 5.02 Å². The molecule has 0 bridgehead atoms. The molecule has 0 aliphatic carbocycles. The Kier molecular flexibility index (Phi) is 5.54. The van der Waals surface area contributed by atoms with Crippen LogP contribution >= 0.6 is 31.0 Å². The molecule has 1 atom stereocenters. The zero-order valence-electron chi connectivity index (χ0n) is 10.3. The number of rotatable bonds is 6. The van der Waals surface area contributed by atoms with Gasteiger partial charge in [-0.15, -0.1) is 11.8 Å². The maximum Gasteiger partial charge on any atom is 0.382 e. The van der Waals surface area contributed by atoms with Crippen molar-refractivity contribution in [2.24, 2.45) is 7.05 Å². The molecule has 1 heterocycles. The topological polar surface area (TPSA) is 53.4 Å². The van der Waals surface area contributed by atoms with E-state index in [0.717, 1.165) is 10.8 Å². The Morgan fingerprint density at radius 2 is 2.18 bits per heavy atom. The molecule has 0 saturated carbocycles. The molecule has 5 nitrogen and oxygen atoms in total. The van der Waals surface area contributed by atoms with Gasteiger partial charge in [-0.2, -0.15) is 5.10 Å². The van der Waals surface area contributed by atoms with E-state index in [9.17, 15) is 4.57 Å². The van der Waals surface area contributed by atoms with Crippen LogP contribution in [0.3, 0.4) is 0 Å². The number of aryl methyl sites for hydroxylation is 1. The van der Waals surface area contributed by atoms with Crippen molar-refractivity contribution in [3.05, 3.63) is 5.02 Å². The third kappa shape index (κ3) is 3.06. The first-order valence-corrected chi connectivity index (χ1v) is 8.06. The minimum atomic E-state index is -3.40. The highest BCUT2D eigenvalue weighted by molar-refractivity contribution is 7.99. The lowest BCUT2D eigenvalue weighted by atomic mass is 10.7. The van der Waals surface area contributed by atoms with Crippen LogP contribution in [0.2, 0.25) is 5.02 Å². The molecule has 0 fully saturated rings. The first kappa shape index (κ1) is 15.1. The molecule has 8 heteroatoms. The molecule has 0 aliphatic heterocycles. The molecule has 1 rings (SSSR count). The molecule has 0 aromatic carbocycles. The molecular formula is C9H16ClN2O3PS. The Hall–Kier alpha value is -0.0000000000000000555. The summed E-state index contributed by atoms with van der Waals surface area (Å²) < 4.78 is 24.1. The summed E-state index contributed by atoms with van der Waals surface area (Å²) in [4.78, 5) is 0. The predicted octanol–water partition coefficient (Wildman–Crippen LogP) is 2.69. The number of hydrogen-bond acceptors (Lipinski definition) is 5. The van der Waals surface area contributed by atoms with Gasteiger partial charge in [-0.3, -0.25) is 9.25 Å². The smallest absolute Gasteiger partial charge is 0.307 e. The summed E-state index contributed by atoms with van der Waals surface area (Å²) in [5.41, 5.74) is 0.182. The van der Waals surface area contributed by atoms with Gasteiger partial charge in [0.2, 0.25) is 0 Å². The maximum absolute atomic E-state index is 12.4. The molecule has 1 aromatic rings. The minimum absolute atomic E-state index is 0.182. The molecule has 0 saturated heterocycles. The fourth-order valence-electron chi connectivity index (χ4n) is 1.31. The van der Waals surface area contributed by atoms with E-state index in [1.807, 2.05) is 6.92 Å². The van der Waals surface area contributed by atoms with Crippen LogP contribution in [0.1, 0.15) is 13.8 Å². The van der Waals surface area contributed by atoms with Gasteiger partial charge in [0.25, 0.3) is 0 Å². The van der Waals surface area contributed by atoms with Crippen molar-refractivity contribution in [3.8, 4) is 0 Å². The highest BCUT2D eigenvalue weighted by Gasteiger charge is 2.34. The third-order valence-electron chi connectivity index (χ3n) is 2.00. The Balaban J connectivity index is 3.22. The van der Waals surface area contributed by atoms with Crippen molar-refractivity contribution >= 4 is 36.4 Å². The predicted molar refractivity (Wildman–Crippen MR) is 70.5 cm³/mol. The van der Waals surface area contributed by atoms with E-state index in [4.69, 9.17) is 20.6 Å². The first-order chi connectivity index (χ1) is 8.00. The monoisotopic (exact) mass is 298 g/mol. The third-order valence-corrected chi connectivity index (χ3v) is 5.55. The summed E-state index contributed by atoms with van der Waals surface area (Å²) >= 11 is 7.70. The molecule has 1 unspecified atom stereocenters. The van der Waals surface area contributed by atoms with Gasteiger partial charge in [-0.05, 0) is 12.7 Å². The summed E-state index contributed by atoms with van der Waals surface area (Å²) in [5.74, 6) is 0.852. The molecule has 0 radical (unpaired) electrons. The summed E-state index contributed by atoms with van der Waals surface area (Å²) in [5, 5.41) is 5.25. The second kappa shape index (κ2) is 6.25. The number of hydrogen-bond donors (Lipinski definition) is 0. The van der Waals surface area contributed by atoms with E-state index < -0.39 is 7.60 Å². The molecule has 1 aromatic heterocycles. The zero-order chi connectivity index (χ0) is 13.1. The largest absolute Gasteiger partial charge is 0.382 e. The van der Waals surface area contributed by atoms with E-state index in [-0.39, 0.29) is 12.0 Å². The van der Waals surface area contributed by atoms with Crippen LogP contribution in [0.15, 0.2) is 5.03 Å². The standard InChI is InChI=1S/C9H16ClN2O3PS/c1-5-15-16(13,14-4)8-7(10)9(17-6-2)12(3)11-8/h5-6H2,1-4H3. The van der Waals surface area contributed by atoms with Crippen molar-refractivity contribution in [3.63, 3.8) is 0 Å². The van der Waals surface area contributed by atoms with Crippen molar-refractivity contribution in [2.45, 2.75) is 18.9 Å². The van der Waals surface area contributed by atoms with Crippen LogP contribution in [-0.2, 0) is 20.7 Å². The van der Waals surface area contributed by atoms with Gasteiger partial charge in [0, 0.05) is 14.2 Å². The quantitative estimate of drug-likeness (QED) is 0.597. The van der Waals surface area contributed by atoms with E-state index >= 15 is 0 Å². The normalized spacial score (nSPS) is 14.9. The molecule has 0 aliphatic rings. The van der Waals surface area contributed by atoms with Crippen molar-refractivity contribution in [2.75, 3.05) is 19.5 Å². The second-order valence-electron chi connectivity index (χ2n) is 3.10. The number of thioether (sulfide) groups is 1. The van der Waals surface area contributed by atoms with Gasteiger partial charge in [0.1, 0.15) is 10.0 Å². The summed E-state index contributed by atoms with van der Waals surface area (Å²) in [6.45, 7) is 4.02. The first-order valence-electron chi connectivity index (χ1n) is 5.16. The highest BCUT2D eigenvalue weighted by atomic mass is 35.5. The van der Waals surface area contributed by atoms with Gasteiger partial charge in [0.05, 0.1) is 6.61 Å². The van der Waals surface area contributed by atoms with E-state index in [1.54, 1.807) is 18.7 Å². The minimum Gasteiger partial charge on any atom is -0.307 e. The van der Waals surface area contributed by atoms with Crippen molar-refractivity contribution in [1.29, 1.82) is 0 Å². The summed E-state index contributed by atoms with van der Waals surface area (Å²) in [7, 11) is -0.320. The number of aromatic nitrogens is 2. The number of nitrogens with zero attached hydrogens (tertiary/aromatic N) is 2. The SMILES string of the molecule is CCOP(=O)(OC)c1nn(C)c(SCC)c1Cl. The van der Waals surface area contributed by atoms with Crippen LogP contribution in [0, 0.1) is 0 Å². The van der Waals surface area contributed by atoms with Crippen LogP contribution in [0.5, 0.6) is 0 Å². The molecule has 98 valence electrons. The van der Waals surface area contributed by atoms with E-state index in [2.05, 4.69) is 5.10 Å². The molecule has 0 spiro atoms. The van der Waals surface area contributed by atoms with Crippen molar-refractivity contribution in [1.82, 2.24) is 9.78 Å². The molecule has 0 amide bonds. The highest BCUT2D eigenvalue weighted by Crippen LogP contribution is 2.48. The average molecular weight is 299 g/mol. The summed E-state index contributed by atoms with van der Waals surface area (Å²) in [6.07, 6.45) is 0. The lowest BCUT2D eigenvalue weighted by molar-refractivity contribution is 0.254. The van der Waals surface area contributed by atoms with Crippen LogP contribution in [-0.4, -0.2) is 29.3 Å². The van der Waals surface area contributed by atoms with Gasteiger partial charge in [-0.25, -0.2) is 0 Å². The van der Waals surface area contributed by atoms with Crippen molar-refractivity contribution < 1.29 is 13.6 Å². The molecule has 0 N–H and O–H groups in total. The Labute approximate surface area is 110 Å². The summed E-state index contributed by atoms with van der Waals surface area (Å²) in [6, 6.07) is 0. The molecule has 17 heavy (non-hydrogen) atoms. The van der Waals surface area contributed by atoms with Gasteiger partial charge < -0.3 is 9.05 Å². The van der Waals surface area contributed by atoms with Crippen LogP contribution in [0.4, 0.5) is 0 Å². The lowest BCUT2D eigenvalue weighted by Gasteiger charge is -2.12. The van der Waals surface area contributed by atoms with Crippen LogP contribution in [0.25, 0.3) is 0 Å². The second-order valence-corrected chi connectivity index (χ2v) is 6.77. The Bertz CT molecular complexity index is 438. The lowest BCUT2D eigenvalue weighted by Crippen LogP contribution is -2.12. The van der Waals surface area contributed by atoms with Crippen LogP contribution < -0.4 is 5.44 Å². The Morgan fingerprint density at radius 1 is 1.53 bits per heavy atom. The average Bonchev–Trinajstić information content (AvgIpc) is 2.58. The zero-order valence-corrected chi connectivity index (χ0v) is 12.7. The maximum atomic E-state index is 12.4. The van der Waals surface area contributed by atoms with Gasteiger partial charge in [0.15, 0.2) is 5.44 Å². The fourth-order valence-corrected chi connectivity index (χ4v) is 4.07.